The zero-order valence-electron chi connectivity index (χ0n) is 16.1. The van der Waals surface area contributed by atoms with Crippen LogP contribution in [-0.4, -0.2) is 23.3 Å². The number of halogens is 1. The normalized spacial score (nSPS) is 10.6. The molecule has 0 aliphatic heterocycles. The Bertz CT molecular complexity index is 986. The molecule has 0 spiro atoms. The van der Waals surface area contributed by atoms with E-state index < -0.39 is 0 Å². The maximum Gasteiger partial charge on any atom is 0.252 e. The van der Waals surface area contributed by atoms with E-state index in [0.29, 0.717) is 35.9 Å². The fraction of sp³-hybridized carbons (Fsp3) is 0.227. The Morgan fingerprint density at radius 2 is 1.93 bits per heavy atom. The first-order valence-corrected chi connectivity index (χ1v) is 9.82. The molecule has 29 heavy (non-hydrogen) atoms. The summed E-state index contributed by atoms with van der Waals surface area (Å²) in [6.45, 7) is 2.56. The fourth-order valence-electron chi connectivity index (χ4n) is 2.72. The fourth-order valence-corrected chi connectivity index (χ4v) is 2.98. The van der Waals surface area contributed by atoms with Crippen molar-refractivity contribution in [2.75, 3.05) is 11.9 Å². The Balaban J connectivity index is 1.54. The zero-order chi connectivity index (χ0) is 20.6. The predicted molar refractivity (Wildman–Crippen MR) is 113 cm³/mol. The first-order valence-electron chi connectivity index (χ1n) is 9.44. The maximum absolute atomic E-state index is 12.2. The van der Waals surface area contributed by atoms with E-state index >= 15 is 0 Å². The van der Waals surface area contributed by atoms with Crippen LogP contribution in [0.15, 0.2) is 59.1 Å². The first-order chi connectivity index (χ1) is 14.1. The standard InChI is InChI=1S/C22H22ClN3O3/c1-2-12-24-22(28)17-9-8-16(13-18(17)23)26-20(27)10-11-21-25-14-19(29-21)15-6-4-3-5-7-15/h3-9,13-14H,2,10-12H2,1H3,(H,24,28)(H,26,27). The summed E-state index contributed by atoms with van der Waals surface area (Å²) in [6.07, 6.45) is 3.09. The van der Waals surface area contributed by atoms with Gasteiger partial charge in [-0.1, -0.05) is 48.9 Å². The van der Waals surface area contributed by atoms with Crippen LogP contribution in [-0.2, 0) is 11.2 Å². The number of anilines is 1. The summed E-state index contributed by atoms with van der Waals surface area (Å²) in [7, 11) is 0. The van der Waals surface area contributed by atoms with Gasteiger partial charge in [-0.2, -0.15) is 0 Å². The van der Waals surface area contributed by atoms with Crippen LogP contribution in [0.5, 0.6) is 0 Å². The van der Waals surface area contributed by atoms with Crippen LogP contribution in [0, 0.1) is 0 Å². The number of carbonyl (C=O) groups excluding carboxylic acids is 2. The quantitative estimate of drug-likeness (QED) is 0.562. The summed E-state index contributed by atoms with van der Waals surface area (Å²) >= 11 is 6.18. The lowest BCUT2D eigenvalue weighted by Gasteiger charge is -2.09. The van der Waals surface area contributed by atoms with Gasteiger partial charge in [-0.05, 0) is 24.6 Å². The third-order valence-corrected chi connectivity index (χ3v) is 4.52. The molecule has 3 rings (SSSR count). The molecule has 7 heteroatoms. The highest BCUT2D eigenvalue weighted by atomic mass is 35.5. The van der Waals surface area contributed by atoms with Gasteiger partial charge < -0.3 is 15.1 Å². The topological polar surface area (TPSA) is 84.2 Å². The Morgan fingerprint density at radius 3 is 2.66 bits per heavy atom. The molecule has 0 saturated carbocycles. The van der Waals surface area contributed by atoms with E-state index in [1.54, 1.807) is 24.4 Å². The summed E-state index contributed by atoms with van der Waals surface area (Å²) in [5, 5.41) is 5.84. The highest BCUT2D eigenvalue weighted by Crippen LogP contribution is 2.22. The maximum atomic E-state index is 12.2. The van der Waals surface area contributed by atoms with E-state index in [-0.39, 0.29) is 23.3 Å². The second-order valence-corrected chi connectivity index (χ2v) is 6.89. The number of oxazole rings is 1. The predicted octanol–water partition coefficient (Wildman–Crippen LogP) is 4.71. The number of nitrogens with zero attached hydrogens (tertiary/aromatic N) is 1. The molecule has 0 unspecified atom stereocenters. The van der Waals surface area contributed by atoms with Gasteiger partial charge in [0, 0.05) is 30.6 Å². The van der Waals surface area contributed by atoms with Crippen molar-refractivity contribution < 1.29 is 14.0 Å². The number of carbonyl (C=O) groups is 2. The molecule has 0 radical (unpaired) electrons. The second kappa shape index (κ2) is 9.89. The Morgan fingerprint density at radius 1 is 1.14 bits per heavy atom. The van der Waals surface area contributed by atoms with Gasteiger partial charge in [-0.3, -0.25) is 9.59 Å². The number of hydrogen-bond donors (Lipinski definition) is 2. The van der Waals surface area contributed by atoms with Gasteiger partial charge in [0.05, 0.1) is 16.8 Å². The van der Waals surface area contributed by atoms with E-state index in [1.807, 2.05) is 37.3 Å². The Labute approximate surface area is 174 Å². The molecule has 0 aliphatic carbocycles. The van der Waals surface area contributed by atoms with Crippen LogP contribution >= 0.6 is 11.6 Å². The number of aryl methyl sites for hydroxylation is 1. The van der Waals surface area contributed by atoms with Gasteiger partial charge in [0.25, 0.3) is 5.91 Å². The monoisotopic (exact) mass is 411 g/mol. The summed E-state index contributed by atoms with van der Waals surface area (Å²) in [6, 6.07) is 14.5. The molecular weight excluding hydrogens is 390 g/mol. The minimum Gasteiger partial charge on any atom is -0.441 e. The average Bonchev–Trinajstić information content (AvgIpc) is 3.20. The summed E-state index contributed by atoms with van der Waals surface area (Å²) < 4.78 is 5.71. The number of amides is 2. The van der Waals surface area contributed by atoms with Crippen LogP contribution < -0.4 is 10.6 Å². The average molecular weight is 412 g/mol. The van der Waals surface area contributed by atoms with Gasteiger partial charge in [0.1, 0.15) is 0 Å². The lowest BCUT2D eigenvalue weighted by atomic mass is 10.2. The van der Waals surface area contributed by atoms with E-state index in [4.69, 9.17) is 16.0 Å². The smallest absolute Gasteiger partial charge is 0.252 e. The molecule has 2 N–H and O–H groups in total. The molecule has 150 valence electrons. The van der Waals surface area contributed by atoms with Gasteiger partial charge in [-0.25, -0.2) is 4.98 Å². The van der Waals surface area contributed by atoms with Crippen LogP contribution in [0.25, 0.3) is 11.3 Å². The molecule has 2 aromatic carbocycles. The van der Waals surface area contributed by atoms with E-state index in [2.05, 4.69) is 15.6 Å². The number of hydrogen-bond acceptors (Lipinski definition) is 4. The Hall–Kier alpha value is -3.12. The van der Waals surface area contributed by atoms with Crippen molar-refractivity contribution in [1.29, 1.82) is 0 Å². The van der Waals surface area contributed by atoms with Crippen molar-refractivity contribution in [3.8, 4) is 11.3 Å². The van der Waals surface area contributed by atoms with Crippen LogP contribution in [0.2, 0.25) is 5.02 Å². The van der Waals surface area contributed by atoms with Crippen molar-refractivity contribution in [2.24, 2.45) is 0 Å². The molecule has 0 fully saturated rings. The third kappa shape index (κ3) is 5.68. The van der Waals surface area contributed by atoms with E-state index in [0.717, 1.165) is 12.0 Å². The molecule has 2 amide bonds. The number of nitrogens with one attached hydrogen (secondary N) is 2. The molecule has 1 aromatic heterocycles. The van der Waals surface area contributed by atoms with Crippen molar-refractivity contribution >= 4 is 29.1 Å². The number of benzene rings is 2. The molecule has 3 aromatic rings. The zero-order valence-corrected chi connectivity index (χ0v) is 16.8. The second-order valence-electron chi connectivity index (χ2n) is 6.48. The number of aromatic nitrogens is 1. The largest absolute Gasteiger partial charge is 0.441 e. The third-order valence-electron chi connectivity index (χ3n) is 4.21. The molecule has 0 atom stereocenters. The summed E-state index contributed by atoms with van der Waals surface area (Å²) in [5.41, 5.74) is 1.85. The minimum atomic E-state index is -0.229. The van der Waals surface area contributed by atoms with Crippen molar-refractivity contribution in [3.63, 3.8) is 0 Å². The number of rotatable bonds is 8. The lowest BCUT2D eigenvalue weighted by Crippen LogP contribution is -2.24. The van der Waals surface area contributed by atoms with Crippen LogP contribution in [0.4, 0.5) is 5.69 Å². The van der Waals surface area contributed by atoms with E-state index in [1.165, 1.54) is 0 Å². The van der Waals surface area contributed by atoms with Gasteiger partial charge in [0.15, 0.2) is 11.7 Å². The van der Waals surface area contributed by atoms with Crippen molar-refractivity contribution in [2.45, 2.75) is 26.2 Å². The van der Waals surface area contributed by atoms with Gasteiger partial charge >= 0.3 is 0 Å². The molecule has 0 saturated heterocycles. The molecule has 6 nitrogen and oxygen atoms in total. The highest BCUT2D eigenvalue weighted by molar-refractivity contribution is 6.34. The summed E-state index contributed by atoms with van der Waals surface area (Å²) in [4.78, 5) is 28.5. The lowest BCUT2D eigenvalue weighted by molar-refractivity contribution is -0.116. The van der Waals surface area contributed by atoms with Crippen LogP contribution in [0.1, 0.15) is 36.0 Å². The van der Waals surface area contributed by atoms with Crippen molar-refractivity contribution in [3.05, 3.63) is 71.2 Å². The SMILES string of the molecule is CCCNC(=O)c1ccc(NC(=O)CCc2ncc(-c3ccccc3)o2)cc1Cl. The first kappa shape index (κ1) is 20.6. The molecule has 0 aliphatic rings. The highest BCUT2D eigenvalue weighted by Gasteiger charge is 2.12. The molecule has 1 heterocycles. The summed E-state index contributed by atoms with van der Waals surface area (Å²) in [5.74, 6) is 0.751. The molecular formula is C22H22ClN3O3. The van der Waals surface area contributed by atoms with Gasteiger partial charge in [-0.15, -0.1) is 0 Å². The van der Waals surface area contributed by atoms with Crippen LogP contribution in [0.3, 0.4) is 0 Å². The van der Waals surface area contributed by atoms with Crippen molar-refractivity contribution in [1.82, 2.24) is 10.3 Å². The minimum absolute atomic E-state index is 0.191. The molecule has 0 bridgehead atoms. The Kier molecular flexibility index (Phi) is 7.03. The van der Waals surface area contributed by atoms with E-state index in [9.17, 15) is 9.59 Å². The van der Waals surface area contributed by atoms with Gasteiger partial charge in [0.2, 0.25) is 5.91 Å².